The summed E-state index contributed by atoms with van der Waals surface area (Å²) >= 11 is 1.51. The Kier molecular flexibility index (Phi) is 4.78. The molecule has 2 fully saturated rings. The van der Waals surface area contributed by atoms with Crippen molar-refractivity contribution in [2.24, 2.45) is 0 Å². The highest BCUT2D eigenvalue weighted by molar-refractivity contribution is 8.02. The van der Waals surface area contributed by atoms with Crippen LogP contribution < -0.4 is 0 Å². The summed E-state index contributed by atoms with van der Waals surface area (Å²) in [5, 5.41) is 0.0986. The molecule has 120 valence electrons. The monoisotopic (exact) mass is 339 g/mol. The Hall–Kier alpha value is -1.01. The molecule has 2 aliphatic heterocycles. The van der Waals surface area contributed by atoms with Crippen molar-refractivity contribution in [2.75, 3.05) is 30.3 Å². The third-order valence-electron chi connectivity index (χ3n) is 4.45. The second kappa shape index (κ2) is 6.62. The number of sulfone groups is 1. The molecule has 0 unspecified atom stereocenters. The normalized spacial score (nSPS) is 27.2. The number of nitrogens with zero attached hydrogens (tertiary/aromatic N) is 1. The predicted molar refractivity (Wildman–Crippen MR) is 89.9 cm³/mol. The molecular weight excluding hydrogens is 318 g/mol. The third-order valence-corrected chi connectivity index (χ3v) is 7.71. The van der Waals surface area contributed by atoms with Crippen molar-refractivity contribution >= 4 is 27.5 Å². The number of hydrogen-bond acceptors (Lipinski definition) is 4. The predicted octanol–water partition coefficient (Wildman–Crippen LogP) is 1.92. The maximum absolute atomic E-state index is 12.3. The summed E-state index contributed by atoms with van der Waals surface area (Å²) in [5.74, 6) is 1.49. The molecule has 2 heterocycles. The molecule has 6 heteroatoms. The van der Waals surface area contributed by atoms with Crippen molar-refractivity contribution in [3.05, 3.63) is 35.9 Å². The van der Waals surface area contributed by atoms with E-state index in [9.17, 15) is 13.2 Å². The third kappa shape index (κ3) is 3.84. The summed E-state index contributed by atoms with van der Waals surface area (Å²) in [5.41, 5.74) is 1.30. The van der Waals surface area contributed by atoms with Gasteiger partial charge in [0.1, 0.15) is 0 Å². The highest BCUT2D eigenvalue weighted by atomic mass is 32.2. The first-order valence-corrected chi connectivity index (χ1v) is 10.6. The fourth-order valence-corrected chi connectivity index (χ4v) is 6.70. The molecule has 2 atom stereocenters. The van der Waals surface area contributed by atoms with Gasteiger partial charge >= 0.3 is 0 Å². The number of benzene rings is 1. The van der Waals surface area contributed by atoms with Crippen LogP contribution >= 0.6 is 11.8 Å². The Morgan fingerprint density at radius 3 is 2.68 bits per heavy atom. The van der Waals surface area contributed by atoms with E-state index in [1.807, 2.05) is 23.1 Å². The molecule has 2 saturated heterocycles. The van der Waals surface area contributed by atoms with Gasteiger partial charge < -0.3 is 4.90 Å². The van der Waals surface area contributed by atoms with Crippen molar-refractivity contribution < 1.29 is 13.2 Å². The Balaban J connectivity index is 1.48. The second-order valence-electron chi connectivity index (χ2n) is 6.07. The molecule has 1 amide bonds. The topological polar surface area (TPSA) is 54.5 Å². The molecule has 0 spiro atoms. The zero-order valence-electron chi connectivity index (χ0n) is 12.5. The van der Waals surface area contributed by atoms with Gasteiger partial charge in [0.25, 0.3) is 0 Å². The van der Waals surface area contributed by atoms with Crippen LogP contribution in [0.3, 0.4) is 0 Å². The van der Waals surface area contributed by atoms with E-state index in [-0.39, 0.29) is 22.7 Å². The lowest BCUT2D eigenvalue weighted by atomic mass is 9.99. The van der Waals surface area contributed by atoms with Crippen LogP contribution in [0.4, 0.5) is 0 Å². The lowest BCUT2D eigenvalue weighted by molar-refractivity contribution is -0.127. The largest absolute Gasteiger partial charge is 0.341 e. The average Bonchev–Trinajstić information content (AvgIpc) is 3.12. The van der Waals surface area contributed by atoms with Crippen LogP contribution in [0.15, 0.2) is 30.3 Å². The van der Waals surface area contributed by atoms with Gasteiger partial charge in [-0.05, 0) is 18.4 Å². The molecular formula is C16H21NO3S2. The number of likely N-dealkylation sites (tertiary alicyclic amines) is 1. The summed E-state index contributed by atoms with van der Waals surface area (Å²) in [4.78, 5) is 14.2. The zero-order chi connectivity index (χ0) is 15.6. The molecule has 1 aromatic rings. The lowest BCUT2D eigenvalue weighted by Crippen LogP contribution is -2.30. The number of hydrogen-bond donors (Lipinski definition) is 0. The van der Waals surface area contributed by atoms with E-state index in [1.165, 1.54) is 17.3 Å². The van der Waals surface area contributed by atoms with Crippen LogP contribution in [0.25, 0.3) is 0 Å². The van der Waals surface area contributed by atoms with E-state index < -0.39 is 9.84 Å². The van der Waals surface area contributed by atoms with Gasteiger partial charge in [-0.3, -0.25) is 4.79 Å². The lowest BCUT2D eigenvalue weighted by Gasteiger charge is -2.17. The van der Waals surface area contributed by atoms with Gasteiger partial charge in [-0.1, -0.05) is 30.3 Å². The van der Waals surface area contributed by atoms with Gasteiger partial charge in [-0.25, -0.2) is 8.42 Å². The van der Waals surface area contributed by atoms with Crippen molar-refractivity contribution in [3.8, 4) is 0 Å². The van der Waals surface area contributed by atoms with E-state index in [1.54, 1.807) is 0 Å². The molecule has 2 aliphatic rings. The quantitative estimate of drug-likeness (QED) is 0.841. The van der Waals surface area contributed by atoms with Gasteiger partial charge in [0.2, 0.25) is 5.91 Å². The minimum Gasteiger partial charge on any atom is -0.341 e. The number of carbonyl (C=O) groups excluding carboxylic acids is 1. The minimum atomic E-state index is -2.85. The Morgan fingerprint density at radius 1 is 1.23 bits per heavy atom. The minimum absolute atomic E-state index is 0.0986. The van der Waals surface area contributed by atoms with Crippen molar-refractivity contribution in [1.82, 2.24) is 4.90 Å². The fraction of sp³-hybridized carbons (Fsp3) is 0.562. The molecule has 0 N–H and O–H groups in total. The molecule has 3 rings (SSSR count). The molecule has 0 radical (unpaired) electrons. The maximum atomic E-state index is 12.3. The molecule has 0 aromatic heterocycles. The van der Waals surface area contributed by atoms with E-state index in [0.717, 1.165) is 19.5 Å². The van der Waals surface area contributed by atoms with Crippen LogP contribution in [0.1, 0.15) is 24.3 Å². The van der Waals surface area contributed by atoms with Gasteiger partial charge in [-0.15, -0.1) is 11.8 Å². The van der Waals surface area contributed by atoms with Gasteiger partial charge in [0.15, 0.2) is 9.84 Å². The van der Waals surface area contributed by atoms with E-state index in [0.29, 0.717) is 18.1 Å². The number of rotatable bonds is 4. The second-order valence-corrected chi connectivity index (χ2v) is 9.59. The van der Waals surface area contributed by atoms with Crippen LogP contribution in [0.5, 0.6) is 0 Å². The van der Waals surface area contributed by atoms with Gasteiger partial charge in [0.05, 0.1) is 17.3 Å². The summed E-state index contributed by atoms with van der Waals surface area (Å²) in [7, 11) is -2.85. The molecule has 4 nitrogen and oxygen atoms in total. The first-order chi connectivity index (χ1) is 10.5. The highest BCUT2D eigenvalue weighted by Gasteiger charge is 2.31. The summed E-state index contributed by atoms with van der Waals surface area (Å²) < 4.78 is 22.9. The summed E-state index contributed by atoms with van der Waals surface area (Å²) in [6.07, 6.45) is 1.70. The van der Waals surface area contributed by atoms with Crippen LogP contribution in [-0.4, -0.2) is 54.8 Å². The first kappa shape index (κ1) is 15.9. The number of thioether (sulfide) groups is 1. The number of carbonyl (C=O) groups is 1. The first-order valence-electron chi connectivity index (χ1n) is 7.68. The van der Waals surface area contributed by atoms with Crippen molar-refractivity contribution in [3.63, 3.8) is 0 Å². The zero-order valence-corrected chi connectivity index (χ0v) is 14.1. The van der Waals surface area contributed by atoms with Gasteiger partial charge in [-0.2, -0.15) is 0 Å². The average molecular weight is 339 g/mol. The van der Waals surface area contributed by atoms with Crippen LogP contribution in [0, 0.1) is 0 Å². The molecule has 0 aliphatic carbocycles. The van der Waals surface area contributed by atoms with E-state index in [4.69, 9.17) is 0 Å². The fourth-order valence-electron chi connectivity index (χ4n) is 3.16. The van der Waals surface area contributed by atoms with Crippen molar-refractivity contribution in [2.45, 2.75) is 24.0 Å². The number of amides is 1. The van der Waals surface area contributed by atoms with E-state index >= 15 is 0 Å². The maximum Gasteiger partial charge on any atom is 0.232 e. The van der Waals surface area contributed by atoms with Crippen LogP contribution in [0.2, 0.25) is 0 Å². The van der Waals surface area contributed by atoms with Crippen LogP contribution in [-0.2, 0) is 14.6 Å². The molecule has 0 bridgehead atoms. The summed E-state index contributed by atoms with van der Waals surface area (Å²) in [6.45, 7) is 1.59. The smallest absolute Gasteiger partial charge is 0.232 e. The van der Waals surface area contributed by atoms with E-state index in [2.05, 4.69) is 12.1 Å². The Morgan fingerprint density at radius 2 is 2.00 bits per heavy atom. The van der Waals surface area contributed by atoms with Gasteiger partial charge in [0, 0.05) is 24.3 Å². The highest BCUT2D eigenvalue weighted by Crippen LogP contribution is 2.29. The molecule has 0 saturated carbocycles. The SMILES string of the molecule is O=C(CS[C@@H]1CCS(=O)(=O)C1)N1CC[C@@H](c2ccccc2)C1. The Bertz CT molecular complexity index is 630. The molecule has 1 aromatic carbocycles. The van der Waals surface area contributed by atoms with Crippen molar-refractivity contribution in [1.29, 1.82) is 0 Å². The summed E-state index contributed by atoms with van der Waals surface area (Å²) in [6, 6.07) is 10.3. The standard InChI is InChI=1S/C16H21NO3S2/c18-16(11-21-15-7-9-22(19,20)12-15)17-8-6-14(10-17)13-4-2-1-3-5-13/h1-5,14-15H,6-12H2/t14-,15-/m1/s1. The molecule has 22 heavy (non-hydrogen) atoms. The Labute approximate surface area is 136 Å².